The first-order valence-corrected chi connectivity index (χ1v) is 6.39. The Morgan fingerprint density at radius 1 is 1.50 bits per heavy atom. The summed E-state index contributed by atoms with van der Waals surface area (Å²) in [7, 11) is 0. The Labute approximate surface area is 90.5 Å². The lowest BCUT2D eigenvalue weighted by Gasteiger charge is -2.26. The second-order valence-corrected chi connectivity index (χ2v) is 5.58. The van der Waals surface area contributed by atoms with E-state index in [1.165, 1.54) is 24.8 Å². The Morgan fingerprint density at radius 3 is 2.86 bits per heavy atom. The molecule has 1 aliphatic carbocycles. The van der Waals surface area contributed by atoms with Gasteiger partial charge >= 0.3 is 0 Å². The monoisotopic (exact) mass is 209 g/mol. The molecule has 1 aliphatic rings. The summed E-state index contributed by atoms with van der Waals surface area (Å²) in [5.41, 5.74) is 1.82. The Balaban J connectivity index is 1.72. The van der Waals surface area contributed by atoms with Crippen LogP contribution in [0.1, 0.15) is 32.3 Å². The van der Waals surface area contributed by atoms with Gasteiger partial charge in [-0.25, -0.2) is 0 Å². The molecule has 1 saturated carbocycles. The third-order valence-corrected chi connectivity index (χ3v) is 3.90. The zero-order valence-electron chi connectivity index (χ0n) is 9.05. The van der Waals surface area contributed by atoms with Crippen molar-refractivity contribution in [3.8, 4) is 0 Å². The quantitative estimate of drug-likeness (QED) is 0.786. The van der Waals surface area contributed by atoms with Crippen LogP contribution < -0.4 is 5.32 Å². The molecule has 0 radical (unpaired) electrons. The number of hydrogen-bond donors (Lipinski definition) is 1. The molecule has 0 saturated heterocycles. The molecule has 0 amide bonds. The summed E-state index contributed by atoms with van der Waals surface area (Å²) < 4.78 is 0. The Kier molecular flexibility index (Phi) is 2.93. The van der Waals surface area contributed by atoms with E-state index in [0.29, 0.717) is 5.54 Å². The first-order chi connectivity index (χ1) is 6.68. The normalized spacial score (nSPS) is 17.3. The second kappa shape index (κ2) is 4.03. The highest BCUT2D eigenvalue weighted by Crippen LogP contribution is 2.39. The van der Waals surface area contributed by atoms with Crippen LogP contribution in [0.2, 0.25) is 0 Å². The van der Waals surface area contributed by atoms with E-state index in [1.54, 1.807) is 11.3 Å². The molecule has 2 rings (SSSR count). The van der Waals surface area contributed by atoms with Gasteiger partial charge in [0.2, 0.25) is 0 Å². The molecule has 1 heterocycles. The van der Waals surface area contributed by atoms with Gasteiger partial charge in [0.05, 0.1) is 0 Å². The topological polar surface area (TPSA) is 12.0 Å². The van der Waals surface area contributed by atoms with Gasteiger partial charge in [0.25, 0.3) is 0 Å². The van der Waals surface area contributed by atoms with Crippen LogP contribution in [-0.4, -0.2) is 12.1 Å². The minimum atomic E-state index is 0.357. The minimum Gasteiger partial charge on any atom is -0.311 e. The van der Waals surface area contributed by atoms with Crippen LogP contribution in [0, 0.1) is 5.92 Å². The number of hydrogen-bond acceptors (Lipinski definition) is 2. The van der Waals surface area contributed by atoms with Crippen LogP contribution in [0.4, 0.5) is 0 Å². The molecular formula is C12H19NS. The van der Waals surface area contributed by atoms with Gasteiger partial charge in [-0.1, -0.05) is 0 Å². The molecular weight excluding hydrogens is 190 g/mol. The van der Waals surface area contributed by atoms with E-state index in [9.17, 15) is 0 Å². The van der Waals surface area contributed by atoms with Crippen LogP contribution in [0.25, 0.3) is 0 Å². The molecule has 2 heteroatoms. The first kappa shape index (κ1) is 10.2. The van der Waals surface area contributed by atoms with Crippen LogP contribution >= 0.6 is 11.3 Å². The van der Waals surface area contributed by atoms with Crippen molar-refractivity contribution in [1.29, 1.82) is 0 Å². The van der Waals surface area contributed by atoms with E-state index in [-0.39, 0.29) is 0 Å². The molecule has 0 atom stereocenters. The third kappa shape index (κ3) is 2.58. The summed E-state index contributed by atoms with van der Waals surface area (Å²) in [5, 5.41) is 8.06. The summed E-state index contributed by atoms with van der Waals surface area (Å²) in [6.07, 6.45) is 4.00. The van der Waals surface area contributed by atoms with E-state index in [2.05, 4.69) is 36.0 Å². The predicted octanol–water partition coefficient (Wildman–Crippen LogP) is 3.07. The molecule has 14 heavy (non-hydrogen) atoms. The van der Waals surface area contributed by atoms with Gasteiger partial charge in [0.1, 0.15) is 0 Å². The van der Waals surface area contributed by atoms with Gasteiger partial charge in [-0.2, -0.15) is 11.3 Å². The van der Waals surface area contributed by atoms with E-state index in [1.807, 2.05) is 0 Å². The number of nitrogens with one attached hydrogen (secondary N) is 1. The second-order valence-electron chi connectivity index (χ2n) is 4.80. The zero-order chi connectivity index (χ0) is 10.0. The zero-order valence-corrected chi connectivity index (χ0v) is 9.86. The molecule has 1 aromatic rings. The highest BCUT2D eigenvalue weighted by molar-refractivity contribution is 7.07. The standard InChI is InChI=1S/C12H19NS/c1-12(2,11-3-4-11)13-7-5-10-6-8-14-9-10/h6,8-9,11,13H,3-5,7H2,1-2H3. The van der Waals surface area contributed by atoms with Gasteiger partial charge in [-0.3, -0.25) is 0 Å². The Morgan fingerprint density at radius 2 is 2.29 bits per heavy atom. The summed E-state index contributed by atoms with van der Waals surface area (Å²) in [4.78, 5) is 0. The summed E-state index contributed by atoms with van der Waals surface area (Å²) in [6.45, 7) is 5.77. The van der Waals surface area contributed by atoms with Crippen molar-refractivity contribution in [2.24, 2.45) is 5.92 Å². The smallest absolute Gasteiger partial charge is 0.0153 e. The Hall–Kier alpha value is -0.340. The highest BCUT2D eigenvalue weighted by atomic mass is 32.1. The highest BCUT2D eigenvalue weighted by Gasteiger charge is 2.36. The molecule has 0 aromatic carbocycles. The van der Waals surface area contributed by atoms with E-state index in [0.717, 1.165) is 12.5 Å². The largest absolute Gasteiger partial charge is 0.311 e. The molecule has 0 spiro atoms. The molecule has 1 fully saturated rings. The van der Waals surface area contributed by atoms with Gasteiger partial charge in [0.15, 0.2) is 0 Å². The summed E-state index contributed by atoms with van der Waals surface area (Å²) in [5.74, 6) is 0.921. The maximum atomic E-state index is 3.66. The summed E-state index contributed by atoms with van der Waals surface area (Å²) >= 11 is 1.79. The molecule has 1 nitrogen and oxygen atoms in total. The van der Waals surface area contributed by atoms with Crippen LogP contribution in [0.3, 0.4) is 0 Å². The fraction of sp³-hybridized carbons (Fsp3) is 0.667. The molecule has 1 aromatic heterocycles. The van der Waals surface area contributed by atoms with Crippen molar-refractivity contribution in [1.82, 2.24) is 5.32 Å². The van der Waals surface area contributed by atoms with Crippen LogP contribution in [0.5, 0.6) is 0 Å². The van der Waals surface area contributed by atoms with Crippen molar-refractivity contribution in [3.63, 3.8) is 0 Å². The van der Waals surface area contributed by atoms with Crippen LogP contribution in [0.15, 0.2) is 16.8 Å². The Bertz CT molecular complexity index is 273. The van der Waals surface area contributed by atoms with Crippen molar-refractivity contribution >= 4 is 11.3 Å². The summed E-state index contributed by atoms with van der Waals surface area (Å²) in [6, 6.07) is 2.22. The molecule has 78 valence electrons. The molecule has 1 N–H and O–H groups in total. The number of rotatable bonds is 5. The predicted molar refractivity (Wildman–Crippen MR) is 62.8 cm³/mol. The molecule has 0 aliphatic heterocycles. The van der Waals surface area contributed by atoms with Gasteiger partial charge in [-0.05, 0) is 68.0 Å². The van der Waals surface area contributed by atoms with E-state index < -0.39 is 0 Å². The van der Waals surface area contributed by atoms with Crippen molar-refractivity contribution < 1.29 is 0 Å². The lowest BCUT2D eigenvalue weighted by molar-refractivity contribution is 0.344. The average Bonchev–Trinajstić information content (AvgIpc) is 2.87. The lowest BCUT2D eigenvalue weighted by Crippen LogP contribution is -2.42. The minimum absolute atomic E-state index is 0.357. The van der Waals surface area contributed by atoms with E-state index in [4.69, 9.17) is 0 Å². The van der Waals surface area contributed by atoms with Crippen molar-refractivity contribution in [3.05, 3.63) is 22.4 Å². The molecule has 0 bridgehead atoms. The molecule has 0 unspecified atom stereocenters. The van der Waals surface area contributed by atoms with Crippen molar-refractivity contribution in [2.75, 3.05) is 6.54 Å². The van der Waals surface area contributed by atoms with Gasteiger partial charge in [-0.15, -0.1) is 0 Å². The van der Waals surface area contributed by atoms with E-state index >= 15 is 0 Å². The maximum absolute atomic E-state index is 3.66. The SMILES string of the molecule is CC(C)(NCCc1ccsc1)C1CC1. The van der Waals surface area contributed by atoms with Crippen molar-refractivity contribution in [2.45, 2.75) is 38.6 Å². The lowest BCUT2D eigenvalue weighted by atomic mass is 9.98. The first-order valence-electron chi connectivity index (χ1n) is 5.44. The van der Waals surface area contributed by atoms with Gasteiger partial charge < -0.3 is 5.32 Å². The fourth-order valence-electron chi connectivity index (χ4n) is 1.91. The number of thiophene rings is 1. The van der Waals surface area contributed by atoms with Crippen LogP contribution in [-0.2, 0) is 6.42 Å². The average molecular weight is 209 g/mol. The fourth-order valence-corrected chi connectivity index (χ4v) is 2.62. The van der Waals surface area contributed by atoms with Gasteiger partial charge in [0, 0.05) is 5.54 Å². The third-order valence-electron chi connectivity index (χ3n) is 3.17. The maximum Gasteiger partial charge on any atom is 0.0153 e.